The molecule has 0 fully saturated rings. The van der Waals surface area contributed by atoms with Gasteiger partial charge in [-0.15, -0.1) is 5.10 Å². The van der Waals surface area contributed by atoms with Gasteiger partial charge in [-0.3, -0.25) is 0 Å². The van der Waals surface area contributed by atoms with Crippen LogP contribution >= 0.6 is 27.7 Å². The highest BCUT2D eigenvalue weighted by molar-refractivity contribution is 9.10. The summed E-state index contributed by atoms with van der Waals surface area (Å²) < 4.78 is 2.89. The summed E-state index contributed by atoms with van der Waals surface area (Å²) in [6.45, 7) is 4.16. The van der Waals surface area contributed by atoms with Crippen molar-refractivity contribution >= 4 is 27.7 Å². The van der Waals surface area contributed by atoms with Crippen LogP contribution in [0.15, 0.2) is 52.1 Å². The monoisotopic (exact) mass is 374 g/mol. The van der Waals surface area contributed by atoms with Gasteiger partial charge in [-0.05, 0) is 53.6 Å². The second-order valence-corrected chi connectivity index (χ2v) is 6.94. The number of aromatic nitrogens is 4. The molecule has 0 N–H and O–H groups in total. The zero-order valence-electron chi connectivity index (χ0n) is 12.3. The molecule has 1 heterocycles. The van der Waals surface area contributed by atoms with Crippen molar-refractivity contribution in [1.29, 1.82) is 0 Å². The van der Waals surface area contributed by atoms with E-state index in [0.29, 0.717) is 0 Å². The maximum Gasteiger partial charge on any atom is 0.214 e. The predicted molar refractivity (Wildman–Crippen MR) is 92.3 cm³/mol. The lowest BCUT2D eigenvalue weighted by atomic mass is 10.1. The molecular weight excluding hydrogens is 360 g/mol. The number of hydrogen-bond donors (Lipinski definition) is 0. The Labute approximate surface area is 142 Å². The molecule has 3 rings (SSSR count). The van der Waals surface area contributed by atoms with E-state index < -0.39 is 0 Å². The van der Waals surface area contributed by atoms with Gasteiger partial charge in [0.15, 0.2) is 0 Å². The Balaban J connectivity index is 1.81. The lowest BCUT2D eigenvalue weighted by Gasteiger charge is -2.08. The molecule has 6 heteroatoms. The zero-order valence-corrected chi connectivity index (χ0v) is 14.7. The molecule has 4 nitrogen and oxygen atoms in total. The lowest BCUT2D eigenvalue weighted by molar-refractivity contribution is 0.751. The van der Waals surface area contributed by atoms with E-state index in [1.807, 2.05) is 12.1 Å². The van der Waals surface area contributed by atoms with Crippen LogP contribution in [0.2, 0.25) is 0 Å². The van der Waals surface area contributed by atoms with Gasteiger partial charge in [0.25, 0.3) is 0 Å². The molecule has 0 radical (unpaired) electrons. The molecule has 0 amide bonds. The first-order valence-corrected chi connectivity index (χ1v) is 8.64. The SMILES string of the molecule is Cc1ccc(-n2nnnc2SCc2ccc(Br)cc2)c(C)c1. The van der Waals surface area contributed by atoms with E-state index in [1.165, 1.54) is 11.1 Å². The van der Waals surface area contributed by atoms with Crippen LogP contribution in [0.3, 0.4) is 0 Å². The van der Waals surface area contributed by atoms with Crippen molar-refractivity contribution in [2.45, 2.75) is 24.8 Å². The van der Waals surface area contributed by atoms with Crippen molar-refractivity contribution in [3.8, 4) is 5.69 Å². The topological polar surface area (TPSA) is 43.6 Å². The first-order valence-electron chi connectivity index (χ1n) is 6.87. The summed E-state index contributed by atoms with van der Waals surface area (Å²) in [5.74, 6) is 0.832. The molecule has 0 unspecified atom stereocenters. The Hall–Kier alpha value is -1.66. The van der Waals surface area contributed by atoms with Gasteiger partial charge in [0.2, 0.25) is 5.16 Å². The first kappa shape index (κ1) is 15.2. The molecule has 112 valence electrons. The third-order valence-corrected chi connectivity index (χ3v) is 4.82. The minimum absolute atomic E-state index is 0.801. The molecule has 0 aliphatic heterocycles. The molecule has 0 bridgehead atoms. The van der Waals surface area contributed by atoms with Crippen LogP contribution in [-0.4, -0.2) is 20.2 Å². The maximum atomic E-state index is 4.14. The summed E-state index contributed by atoms with van der Waals surface area (Å²) in [5.41, 5.74) is 4.66. The number of rotatable bonds is 4. The quantitative estimate of drug-likeness (QED) is 0.637. The minimum Gasteiger partial charge on any atom is -0.187 e. The van der Waals surface area contributed by atoms with E-state index in [4.69, 9.17) is 0 Å². The molecule has 3 aromatic rings. The molecule has 0 aliphatic rings. The van der Waals surface area contributed by atoms with Crippen molar-refractivity contribution in [2.24, 2.45) is 0 Å². The van der Waals surface area contributed by atoms with Crippen LogP contribution in [0.4, 0.5) is 0 Å². The van der Waals surface area contributed by atoms with Crippen molar-refractivity contribution in [1.82, 2.24) is 20.2 Å². The highest BCUT2D eigenvalue weighted by Gasteiger charge is 2.11. The van der Waals surface area contributed by atoms with E-state index in [9.17, 15) is 0 Å². The van der Waals surface area contributed by atoms with Crippen molar-refractivity contribution in [3.63, 3.8) is 0 Å². The second-order valence-electron chi connectivity index (χ2n) is 5.08. The number of aryl methyl sites for hydroxylation is 2. The van der Waals surface area contributed by atoms with E-state index in [0.717, 1.165) is 26.6 Å². The van der Waals surface area contributed by atoms with Crippen LogP contribution in [0, 0.1) is 13.8 Å². The molecule has 0 saturated heterocycles. The highest BCUT2D eigenvalue weighted by Crippen LogP contribution is 2.24. The average Bonchev–Trinajstić information content (AvgIpc) is 2.95. The molecule has 0 saturated carbocycles. The molecule has 22 heavy (non-hydrogen) atoms. The first-order chi connectivity index (χ1) is 10.6. The number of halogens is 1. The van der Waals surface area contributed by atoms with Crippen LogP contribution in [-0.2, 0) is 5.75 Å². The molecule has 0 atom stereocenters. The van der Waals surface area contributed by atoms with Crippen molar-refractivity contribution in [2.75, 3.05) is 0 Å². The lowest BCUT2D eigenvalue weighted by Crippen LogP contribution is -2.01. The largest absolute Gasteiger partial charge is 0.214 e. The second kappa shape index (κ2) is 6.62. The summed E-state index contributed by atoms with van der Waals surface area (Å²) in [6, 6.07) is 14.6. The summed E-state index contributed by atoms with van der Waals surface area (Å²) in [5, 5.41) is 12.9. The van der Waals surface area contributed by atoms with Gasteiger partial charge >= 0.3 is 0 Å². The molecule has 0 spiro atoms. The smallest absolute Gasteiger partial charge is 0.187 e. The van der Waals surface area contributed by atoms with E-state index in [-0.39, 0.29) is 0 Å². The van der Waals surface area contributed by atoms with Crippen LogP contribution in [0.25, 0.3) is 5.69 Å². The number of nitrogens with zero attached hydrogens (tertiary/aromatic N) is 4. The minimum atomic E-state index is 0.801. The molecular formula is C16H15BrN4S. The normalized spacial score (nSPS) is 10.9. The third-order valence-electron chi connectivity index (χ3n) is 3.30. The van der Waals surface area contributed by atoms with Gasteiger partial charge in [-0.1, -0.05) is 57.5 Å². The standard InChI is InChI=1S/C16H15BrN4S/c1-11-3-8-15(12(2)9-11)21-16(18-19-20-21)22-10-13-4-6-14(17)7-5-13/h3-9H,10H2,1-2H3. The Morgan fingerprint density at radius 1 is 1.09 bits per heavy atom. The van der Waals surface area contributed by atoms with E-state index >= 15 is 0 Å². The highest BCUT2D eigenvalue weighted by atomic mass is 79.9. The molecule has 0 aliphatic carbocycles. The van der Waals surface area contributed by atoms with Gasteiger partial charge in [0.05, 0.1) is 5.69 Å². The zero-order chi connectivity index (χ0) is 15.5. The average molecular weight is 375 g/mol. The maximum absolute atomic E-state index is 4.14. The Morgan fingerprint density at radius 2 is 1.86 bits per heavy atom. The molecule has 1 aromatic heterocycles. The van der Waals surface area contributed by atoms with Crippen molar-refractivity contribution in [3.05, 3.63) is 63.6 Å². The van der Waals surface area contributed by atoms with Gasteiger partial charge in [-0.2, -0.15) is 4.68 Å². The van der Waals surface area contributed by atoms with Crippen LogP contribution in [0.5, 0.6) is 0 Å². The van der Waals surface area contributed by atoms with Gasteiger partial charge in [-0.25, -0.2) is 0 Å². The molecule has 2 aromatic carbocycles. The number of tetrazole rings is 1. The summed E-state index contributed by atoms with van der Waals surface area (Å²) in [6.07, 6.45) is 0. The fourth-order valence-electron chi connectivity index (χ4n) is 2.19. The van der Waals surface area contributed by atoms with Gasteiger partial charge in [0, 0.05) is 10.2 Å². The van der Waals surface area contributed by atoms with E-state index in [2.05, 4.69) is 75.6 Å². The number of thioether (sulfide) groups is 1. The third kappa shape index (κ3) is 3.39. The number of hydrogen-bond acceptors (Lipinski definition) is 4. The summed E-state index contributed by atoms with van der Waals surface area (Å²) in [7, 11) is 0. The van der Waals surface area contributed by atoms with Crippen LogP contribution in [0.1, 0.15) is 16.7 Å². The van der Waals surface area contributed by atoms with Gasteiger partial charge in [0.1, 0.15) is 0 Å². The van der Waals surface area contributed by atoms with Crippen LogP contribution < -0.4 is 0 Å². The fourth-order valence-corrected chi connectivity index (χ4v) is 3.30. The number of benzene rings is 2. The van der Waals surface area contributed by atoms with E-state index in [1.54, 1.807) is 16.4 Å². The Bertz CT molecular complexity index is 783. The van der Waals surface area contributed by atoms with Crippen molar-refractivity contribution < 1.29 is 0 Å². The summed E-state index contributed by atoms with van der Waals surface area (Å²) in [4.78, 5) is 0. The Kier molecular flexibility index (Phi) is 4.59. The van der Waals surface area contributed by atoms with Gasteiger partial charge < -0.3 is 0 Å². The summed E-state index contributed by atoms with van der Waals surface area (Å²) >= 11 is 5.08. The Morgan fingerprint density at radius 3 is 2.59 bits per heavy atom. The predicted octanol–water partition coefficient (Wildman–Crippen LogP) is 4.33. The fraction of sp³-hybridized carbons (Fsp3) is 0.188.